The number of nitrogens with zero attached hydrogens (tertiary/aromatic N) is 1. The molecule has 1 amide bonds. The minimum absolute atomic E-state index is 0.442. The molecule has 0 aromatic heterocycles. The molecule has 0 bridgehead atoms. The van der Waals surface area contributed by atoms with Crippen LogP contribution in [-0.2, 0) is 9.05 Å². The van der Waals surface area contributed by atoms with E-state index in [2.05, 4.69) is 0 Å². The normalized spacial score (nSPS) is 16.6. The van der Waals surface area contributed by atoms with Crippen molar-refractivity contribution in [2.24, 2.45) is 0 Å². The summed E-state index contributed by atoms with van der Waals surface area (Å²) in [6.45, 7) is 0.884. The van der Waals surface area contributed by atoms with Gasteiger partial charge >= 0.3 is 0 Å². The van der Waals surface area contributed by atoms with Crippen molar-refractivity contribution >= 4 is 25.6 Å². The first-order chi connectivity index (χ1) is 9.80. The number of likely N-dealkylation sites (tertiary alicyclic amines) is 1. The summed E-state index contributed by atoms with van der Waals surface area (Å²) in [4.78, 5) is 12.7. The summed E-state index contributed by atoms with van der Waals surface area (Å²) in [6, 6.07) is 1.17. The Labute approximate surface area is 126 Å². The van der Waals surface area contributed by atoms with Gasteiger partial charge in [0.2, 0.25) is 0 Å². The van der Waals surface area contributed by atoms with Crippen LogP contribution in [-0.4, -0.2) is 32.3 Å². The van der Waals surface area contributed by atoms with E-state index in [-0.39, 0.29) is 0 Å². The molecule has 4 nitrogen and oxygen atoms in total. The lowest BCUT2D eigenvalue weighted by Crippen LogP contribution is -2.32. The number of amides is 1. The van der Waals surface area contributed by atoms with Gasteiger partial charge in [-0.2, -0.15) is 0 Å². The molecule has 1 saturated heterocycles. The van der Waals surface area contributed by atoms with Crippen molar-refractivity contribution in [3.8, 4) is 0 Å². The molecule has 1 heterocycles. The predicted octanol–water partition coefficient (Wildman–Crippen LogP) is 2.91. The second kappa shape index (κ2) is 6.27. The van der Waals surface area contributed by atoms with Crippen LogP contribution in [0.15, 0.2) is 17.0 Å². The minimum Gasteiger partial charge on any atom is -0.339 e. The van der Waals surface area contributed by atoms with Gasteiger partial charge in [0.05, 0.1) is 5.56 Å². The van der Waals surface area contributed by atoms with Crippen molar-refractivity contribution in [1.82, 2.24) is 4.90 Å². The first-order valence-electron chi connectivity index (χ1n) is 6.53. The molecule has 1 fully saturated rings. The van der Waals surface area contributed by atoms with E-state index >= 15 is 0 Å². The molecular weight excluding hydrogens is 324 g/mol. The largest absolute Gasteiger partial charge is 0.339 e. The molecule has 1 aliphatic heterocycles. The summed E-state index contributed by atoms with van der Waals surface area (Å²) < 4.78 is 50.2. The summed E-state index contributed by atoms with van der Waals surface area (Å²) in [5.74, 6) is -3.04. The molecule has 2 rings (SSSR count). The van der Waals surface area contributed by atoms with E-state index in [4.69, 9.17) is 10.7 Å². The van der Waals surface area contributed by atoms with Crippen molar-refractivity contribution in [1.29, 1.82) is 0 Å². The quantitative estimate of drug-likeness (QED) is 0.780. The lowest BCUT2D eigenvalue weighted by molar-refractivity contribution is 0.0755. The van der Waals surface area contributed by atoms with E-state index in [1.807, 2.05) is 0 Å². The maximum Gasteiger partial charge on any atom is 0.264 e. The van der Waals surface area contributed by atoms with Crippen LogP contribution in [0.5, 0.6) is 0 Å². The van der Waals surface area contributed by atoms with Gasteiger partial charge in [-0.15, -0.1) is 0 Å². The summed E-state index contributed by atoms with van der Waals surface area (Å²) >= 11 is 0. The molecule has 8 heteroatoms. The standard InChI is InChI=1S/C13H14ClF2NO3S/c14-21(19,20)11-8-9(15)7-10(12(11)16)13(18)17-5-3-1-2-4-6-17/h7-8H,1-6H2. The molecule has 0 unspecified atom stereocenters. The zero-order chi connectivity index (χ0) is 15.6. The molecular formula is C13H14ClF2NO3S. The number of halogens is 3. The molecule has 21 heavy (non-hydrogen) atoms. The van der Waals surface area contributed by atoms with Crippen LogP contribution in [0.4, 0.5) is 8.78 Å². The second-order valence-corrected chi connectivity index (χ2v) is 7.44. The van der Waals surface area contributed by atoms with Crippen molar-refractivity contribution in [3.63, 3.8) is 0 Å². The smallest absolute Gasteiger partial charge is 0.264 e. The number of carbonyl (C=O) groups is 1. The number of hydrogen-bond acceptors (Lipinski definition) is 3. The van der Waals surface area contributed by atoms with Crippen LogP contribution < -0.4 is 0 Å². The van der Waals surface area contributed by atoms with E-state index in [1.54, 1.807) is 0 Å². The van der Waals surface area contributed by atoms with Crippen molar-refractivity contribution in [2.75, 3.05) is 13.1 Å². The fourth-order valence-electron chi connectivity index (χ4n) is 2.34. The van der Waals surface area contributed by atoms with Gasteiger partial charge in [0.15, 0.2) is 5.82 Å². The van der Waals surface area contributed by atoms with E-state index < -0.39 is 37.1 Å². The average molecular weight is 338 g/mol. The van der Waals surface area contributed by atoms with Gasteiger partial charge in [-0.1, -0.05) is 12.8 Å². The van der Waals surface area contributed by atoms with Gasteiger partial charge in [0, 0.05) is 23.8 Å². The number of hydrogen-bond donors (Lipinski definition) is 0. The van der Waals surface area contributed by atoms with E-state index in [1.165, 1.54) is 4.90 Å². The van der Waals surface area contributed by atoms with Crippen LogP contribution >= 0.6 is 10.7 Å². The Morgan fingerprint density at radius 2 is 1.67 bits per heavy atom. The van der Waals surface area contributed by atoms with Gasteiger partial charge in [0.1, 0.15) is 10.7 Å². The molecule has 0 saturated carbocycles. The van der Waals surface area contributed by atoms with Gasteiger partial charge in [0.25, 0.3) is 15.0 Å². The third-order valence-corrected chi connectivity index (χ3v) is 4.71. The molecule has 0 N–H and O–H groups in total. The molecule has 1 aromatic carbocycles. The van der Waals surface area contributed by atoms with Crippen LogP contribution in [0.3, 0.4) is 0 Å². The zero-order valence-electron chi connectivity index (χ0n) is 11.1. The number of carbonyl (C=O) groups excluding carboxylic acids is 1. The van der Waals surface area contributed by atoms with Gasteiger partial charge in [-0.3, -0.25) is 4.79 Å². The first-order valence-corrected chi connectivity index (χ1v) is 8.84. The van der Waals surface area contributed by atoms with Gasteiger partial charge < -0.3 is 4.90 Å². The lowest BCUT2D eigenvalue weighted by atomic mass is 10.1. The fourth-order valence-corrected chi connectivity index (χ4v) is 3.26. The summed E-state index contributed by atoms with van der Waals surface area (Å²) in [5, 5.41) is 0. The topological polar surface area (TPSA) is 54.5 Å². The Morgan fingerprint density at radius 3 is 2.19 bits per heavy atom. The maximum atomic E-state index is 14.2. The van der Waals surface area contributed by atoms with E-state index in [0.717, 1.165) is 25.7 Å². The third-order valence-electron chi connectivity index (χ3n) is 3.39. The fraction of sp³-hybridized carbons (Fsp3) is 0.462. The number of rotatable bonds is 2. The summed E-state index contributed by atoms with van der Waals surface area (Å²) in [7, 11) is 0.602. The van der Waals surface area contributed by atoms with Crippen LogP contribution in [0.1, 0.15) is 36.0 Å². The predicted molar refractivity (Wildman–Crippen MR) is 73.8 cm³/mol. The highest BCUT2D eigenvalue weighted by Gasteiger charge is 2.27. The van der Waals surface area contributed by atoms with Crippen LogP contribution in [0.2, 0.25) is 0 Å². The maximum absolute atomic E-state index is 14.2. The highest BCUT2D eigenvalue weighted by Crippen LogP contribution is 2.25. The number of benzene rings is 1. The molecule has 0 aliphatic carbocycles. The second-order valence-electron chi connectivity index (χ2n) is 4.91. The minimum atomic E-state index is -4.46. The molecule has 0 spiro atoms. The van der Waals surface area contributed by atoms with E-state index in [0.29, 0.717) is 25.2 Å². The SMILES string of the molecule is O=C(c1cc(F)cc(S(=O)(=O)Cl)c1F)N1CCCCCC1. The Bertz CT molecular complexity index is 656. The highest BCUT2D eigenvalue weighted by atomic mass is 35.7. The van der Waals surface area contributed by atoms with Crippen LogP contribution in [0.25, 0.3) is 0 Å². The summed E-state index contributed by atoms with van der Waals surface area (Å²) in [6.07, 6.45) is 3.50. The van der Waals surface area contributed by atoms with E-state index in [9.17, 15) is 22.0 Å². The average Bonchev–Trinajstić information content (AvgIpc) is 2.68. The van der Waals surface area contributed by atoms with Crippen LogP contribution in [0, 0.1) is 11.6 Å². The molecule has 0 atom stereocenters. The van der Waals surface area contributed by atoms with Gasteiger partial charge in [-0.25, -0.2) is 17.2 Å². The van der Waals surface area contributed by atoms with Crippen molar-refractivity contribution < 1.29 is 22.0 Å². The lowest BCUT2D eigenvalue weighted by Gasteiger charge is -2.21. The molecule has 1 aliphatic rings. The molecule has 0 radical (unpaired) electrons. The Hall–Kier alpha value is -1.21. The Balaban J connectivity index is 2.43. The van der Waals surface area contributed by atoms with Crippen molar-refractivity contribution in [2.45, 2.75) is 30.6 Å². The van der Waals surface area contributed by atoms with Gasteiger partial charge in [-0.05, 0) is 25.0 Å². The monoisotopic (exact) mass is 337 g/mol. The zero-order valence-corrected chi connectivity index (χ0v) is 12.7. The Kier molecular flexibility index (Phi) is 4.83. The molecule has 1 aromatic rings. The highest BCUT2D eigenvalue weighted by molar-refractivity contribution is 8.13. The van der Waals surface area contributed by atoms with Crippen molar-refractivity contribution in [3.05, 3.63) is 29.3 Å². The first kappa shape index (κ1) is 16.2. The Morgan fingerprint density at radius 1 is 1.10 bits per heavy atom. The molecule has 116 valence electrons. The third kappa shape index (κ3) is 3.71. The summed E-state index contributed by atoms with van der Waals surface area (Å²) in [5.41, 5.74) is -0.601.